The van der Waals surface area contributed by atoms with Gasteiger partial charge >= 0.3 is 5.97 Å². The molecule has 124 valence electrons. The van der Waals surface area contributed by atoms with Crippen molar-refractivity contribution in [3.63, 3.8) is 0 Å². The fraction of sp³-hybridized carbons (Fsp3) is 0.400. The van der Waals surface area contributed by atoms with E-state index in [1.807, 2.05) is 35.2 Å². The minimum atomic E-state index is -0.355. The van der Waals surface area contributed by atoms with E-state index in [-0.39, 0.29) is 17.8 Å². The molecular weight excluding hydrogens is 302 g/mol. The number of amides is 1. The first-order valence-electron chi connectivity index (χ1n) is 8.70. The largest absolute Gasteiger partial charge is 0.427 e. The van der Waals surface area contributed by atoms with E-state index in [4.69, 9.17) is 4.74 Å². The second kappa shape index (κ2) is 5.93. The van der Waals surface area contributed by atoms with E-state index < -0.39 is 0 Å². The zero-order valence-corrected chi connectivity index (χ0v) is 13.9. The SMILES string of the molecule is CC1=C2C(=O)N(Cc3ccccc3)C(C3CCCCC3)=C2C(=O)O1. The summed E-state index contributed by atoms with van der Waals surface area (Å²) in [6.07, 6.45) is 5.62. The Labute approximate surface area is 141 Å². The number of nitrogens with zero attached hydrogens (tertiary/aromatic N) is 1. The number of allylic oxidation sites excluding steroid dienone is 2. The predicted molar refractivity (Wildman–Crippen MR) is 89.4 cm³/mol. The van der Waals surface area contributed by atoms with Gasteiger partial charge in [0.1, 0.15) is 5.76 Å². The zero-order valence-electron chi connectivity index (χ0n) is 13.9. The molecule has 1 fully saturated rings. The fourth-order valence-corrected chi connectivity index (χ4v) is 4.11. The van der Waals surface area contributed by atoms with Crippen LogP contribution >= 0.6 is 0 Å². The second-order valence-corrected chi connectivity index (χ2v) is 6.79. The topological polar surface area (TPSA) is 46.6 Å². The predicted octanol–water partition coefficient (Wildman–Crippen LogP) is 3.69. The highest BCUT2D eigenvalue weighted by Crippen LogP contribution is 2.44. The Morgan fingerprint density at radius 1 is 1.04 bits per heavy atom. The maximum absolute atomic E-state index is 13.0. The number of hydrogen-bond donors (Lipinski definition) is 0. The molecule has 1 amide bonds. The number of rotatable bonds is 3. The molecule has 0 radical (unpaired) electrons. The van der Waals surface area contributed by atoms with E-state index >= 15 is 0 Å². The Kier molecular flexibility index (Phi) is 3.75. The molecule has 4 heteroatoms. The van der Waals surface area contributed by atoms with Crippen LogP contribution in [-0.2, 0) is 20.9 Å². The van der Waals surface area contributed by atoms with Crippen molar-refractivity contribution in [2.24, 2.45) is 5.92 Å². The molecule has 0 aromatic heterocycles. The summed E-state index contributed by atoms with van der Waals surface area (Å²) in [5.74, 6) is 0.283. The number of carbonyl (C=O) groups excluding carboxylic acids is 2. The van der Waals surface area contributed by atoms with Gasteiger partial charge in [-0.15, -0.1) is 0 Å². The monoisotopic (exact) mass is 323 g/mol. The van der Waals surface area contributed by atoms with Gasteiger partial charge in [-0.2, -0.15) is 0 Å². The van der Waals surface area contributed by atoms with Crippen LogP contribution in [0.2, 0.25) is 0 Å². The third-order valence-electron chi connectivity index (χ3n) is 5.23. The highest BCUT2D eigenvalue weighted by atomic mass is 16.5. The maximum Gasteiger partial charge on any atom is 0.345 e. The lowest BCUT2D eigenvalue weighted by Crippen LogP contribution is -2.30. The first kappa shape index (κ1) is 15.2. The van der Waals surface area contributed by atoms with Crippen LogP contribution in [0.15, 0.2) is 52.9 Å². The maximum atomic E-state index is 13.0. The minimum Gasteiger partial charge on any atom is -0.427 e. The molecule has 0 N–H and O–H groups in total. The number of ether oxygens (including phenoxy) is 1. The lowest BCUT2D eigenvalue weighted by Gasteiger charge is -2.30. The normalized spacial score (nSPS) is 21.6. The molecule has 1 aromatic carbocycles. The Morgan fingerprint density at radius 3 is 2.46 bits per heavy atom. The standard InChI is InChI=1S/C20H21NO3/c1-13-16-17(20(23)24-13)18(15-10-6-3-7-11-15)21(19(16)22)12-14-8-4-2-5-9-14/h2,4-5,8-9,15H,3,6-7,10-12H2,1H3. The Bertz CT molecular complexity index is 754. The van der Waals surface area contributed by atoms with Gasteiger partial charge in [0.05, 0.1) is 17.7 Å². The van der Waals surface area contributed by atoms with Gasteiger partial charge < -0.3 is 9.64 Å². The van der Waals surface area contributed by atoms with Gasteiger partial charge in [-0.1, -0.05) is 49.6 Å². The molecule has 0 spiro atoms. The van der Waals surface area contributed by atoms with E-state index in [1.54, 1.807) is 6.92 Å². The number of esters is 1. The number of cyclic esters (lactones) is 1. The highest BCUT2D eigenvalue weighted by molar-refractivity contribution is 6.16. The number of hydrogen-bond acceptors (Lipinski definition) is 3. The first-order chi connectivity index (χ1) is 11.7. The summed E-state index contributed by atoms with van der Waals surface area (Å²) >= 11 is 0. The van der Waals surface area contributed by atoms with Gasteiger partial charge in [-0.3, -0.25) is 4.79 Å². The summed E-state index contributed by atoms with van der Waals surface area (Å²) in [6.45, 7) is 2.22. The summed E-state index contributed by atoms with van der Waals surface area (Å²) in [5, 5.41) is 0. The van der Waals surface area contributed by atoms with Crippen molar-refractivity contribution in [3.05, 3.63) is 58.5 Å². The molecule has 0 saturated heterocycles. The van der Waals surface area contributed by atoms with Crippen molar-refractivity contribution in [3.8, 4) is 0 Å². The van der Waals surface area contributed by atoms with Crippen LogP contribution in [0, 0.1) is 5.92 Å². The molecule has 1 saturated carbocycles. The molecule has 4 nitrogen and oxygen atoms in total. The molecule has 0 atom stereocenters. The van der Waals surface area contributed by atoms with Gasteiger partial charge in [0, 0.05) is 11.6 Å². The quantitative estimate of drug-likeness (QED) is 0.797. The lowest BCUT2D eigenvalue weighted by atomic mass is 9.85. The summed E-state index contributed by atoms with van der Waals surface area (Å²) in [4.78, 5) is 27.2. The van der Waals surface area contributed by atoms with Crippen LogP contribution in [0.4, 0.5) is 0 Å². The van der Waals surface area contributed by atoms with Crippen molar-refractivity contribution in [1.29, 1.82) is 0 Å². The van der Waals surface area contributed by atoms with Crippen molar-refractivity contribution in [2.45, 2.75) is 45.6 Å². The molecule has 1 aliphatic carbocycles. The van der Waals surface area contributed by atoms with Gasteiger partial charge in [0.15, 0.2) is 0 Å². The van der Waals surface area contributed by atoms with Crippen LogP contribution in [0.1, 0.15) is 44.6 Å². The number of fused-ring (bicyclic) bond motifs is 1. The smallest absolute Gasteiger partial charge is 0.345 e. The summed E-state index contributed by atoms with van der Waals surface area (Å²) in [7, 11) is 0. The van der Waals surface area contributed by atoms with Crippen LogP contribution in [0.25, 0.3) is 0 Å². The minimum absolute atomic E-state index is 0.0854. The summed E-state index contributed by atoms with van der Waals surface area (Å²) < 4.78 is 5.25. The Balaban J connectivity index is 1.77. The van der Waals surface area contributed by atoms with Gasteiger partial charge in [0.25, 0.3) is 5.91 Å². The van der Waals surface area contributed by atoms with Crippen LogP contribution in [0.5, 0.6) is 0 Å². The second-order valence-electron chi connectivity index (χ2n) is 6.79. The van der Waals surface area contributed by atoms with E-state index in [9.17, 15) is 9.59 Å². The van der Waals surface area contributed by atoms with Crippen LogP contribution < -0.4 is 0 Å². The first-order valence-corrected chi connectivity index (χ1v) is 8.70. The lowest BCUT2D eigenvalue weighted by molar-refractivity contribution is -0.133. The van der Waals surface area contributed by atoms with Crippen molar-refractivity contribution < 1.29 is 14.3 Å². The van der Waals surface area contributed by atoms with Gasteiger partial charge in [0.2, 0.25) is 0 Å². The molecule has 24 heavy (non-hydrogen) atoms. The number of benzene rings is 1. The third kappa shape index (κ3) is 2.37. The zero-order chi connectivity index (χ0) is 16.7. The average Bonchev–Trinajstić information content (AvgIpc) is 3.05. The highest BCUT2D eigenvalue weighted by Gasteiger charge is 2.47. The Hall–Kier alpha value is -2.36. The third-order valence-corrected chi connectivity index (χ3v) is 5.23. The fourth-order valence-electron chi connectivity index (χ4n) is 4.11. The van der Waals surface area contributed by atoms with Crippen molar-refractivity contribution in [2.75, 3.05) is 0 Å². The van der Waals surface area contributed by atoms with Gasteiger partial charge in [-0.25, -0.2) is 4.79 Å². The van der Waals surface area contributed by atoms with E-state index in [1.165, 1.54) is 6.42 Å². The molecule has 3 aliphatic rings. The molecule has 2 heterocycles. The molecule has 4 rings (SSSR count). The van der Waals surface area contributed by atoms with Gasteiger partial charge in [-0.05, 0) is 25.3 Å². The molecule has 0 unspecified atom stereocenters. The van der Waals surface area contributed by atoms with Crippen molar-refractivity contribution >= 4 is 11.9 Å². The number of carbonyl (C=O) groups is 2. The summed E-state index contributed by atoms with van der Waals surface area (Å²) in [5.41, 5.74) is 2.99. The molecule has 0 bridgehead atoms. The van der Waals surface area contributed by atoms with E-state index in [2.05, 4.69) is 0 Å². The average molecular weight is 323 g/mol. The molecule has 2 aliphatic heterocycles. The van der Waals surface area contributed by atoms with E-state index in [0.29, 0.717) is 23.5 Å². The van der Waals surface area contributed by atoms with Crippen LogP contribution in [0.3, 0.4) is 0 Å². The molecular formula is C20H21NO3. The van der Waals surface area contributed by atoms with Crippen molar-refractivity contribution in [1.82, 2.24) is 4.90 Å². The Morgan fingerprint density at radius 2 is 1.75 bits per heavy atom. The molecule has 1 aromatic rings. The van der Waals surface area contributed by atoms with E-state index in [0.717, 1.165) is 36.9 Å². The van der Waals surface area contributed by atoms with Crippen LogP contribution in [-0.4, -0.2) is 16.8 Å². The summed E-state index contributed by atoms with van der Waals surface area (Å²) in [6, 6.07) is 9.95.